The van der Waals surface area contributed by atoms with Gasteiger partial charge in [0.25, 0.3) is 10.2 Å². The van der Waals surface area contributed by atoms with Crippen LogP contribution in [0, 0.1) is 0 Å². The van der Waals surface area contributed by atoms with Crippen molar-refractivity contribution in [2.24, 2.45) is 0 Å². The maximum absolute atomic E-state index is 10.8. The molecular formula is C3H8N4O3S. The van der Waals surface area contributed by atoms with Crippen LogP contribution in [0.1, 0.15) is 0 Å². The largest absolute Gasteiger partial charge is 0.365 e. The Morgan fingerprint density at radius 2 is 1.55 bits per heavy atom. The van der Waals surface area contributed by atoms with Crippen LogP contribution in [0.4, 0.5) is 0 Å². The van der Waals surface area contributed by atoms with Gasteiger partial charge in [0.05, 0.1) is 0 Å². The smallest absolute Gasteiger partial charge is 0.279 e. The summed E-state index contributed by atoms with van der Waals surface area (Å²) in [6.07, 6.45) is -1.79. The summed E-state index contributed by atoms with van der Waals surface area (Å²) in [6, 6.07) is 0. The van der Waals surface area contributed by atoms with Crippen LogP contribution in [0.15, 0.2) is 0 Å². The monoisotopic (exact) mass is 180 g/mol. The normalized spacial score (nSPS) is 47.5. The summed E-state index contributed by atoms with van der Waals surface area (Å²) < 4.78 is 26.0. The van der Waals surface area contributed by atoms with Gasteiger partial charge in [0.1, 0.15) is 12.3 Å². The highest BCUT2D eigenvalue weighted by atomic mass is 32.2. The van der Waals surface area contributed by atoms with Crippen molar-refractivity contribution in [1.82, 2.24) is 20.1 Å². The van der Waals surface area contributed by atoms with Crippen LogP contribution in [0.25, 0.3) is 0 Å². The van der Waals surface area contributed by atoms with Gasteiger partial charge in [0.15, 0.2) is 6.35 Å². The minimum absolute atomic E-state index is 0.463. The minimum atomic E-state index is -3.37. The molecule has 2 heterocycles. The van der Waals surface area contributed by atoms with Gasteiger partial charge in [0.2, 0.25) is 0 Å². The molecule has 8 heteroatoms. The molecule has 0 aliphatic carbocycles. The van der Waals surface area contributed by atoms with E-state index in [1.54, 1.807) is 0 Å². The second-order valence-corrected chi connectivity index (χ2v) is 3.91. The molecule has 0 aromatic carbocycles. The first-order chi connectivity index (χ1) is 5.07. The highest BCUT2D eigenvalue weighted by molar-refractivity contribution is 7.87. The molecule has 2 rings (SSSR count). The summed E-state index contributed by atoms with van der Waals surface area (Å²) in [6.45, 7) is 0. The van der Waals surface area contributed by atoms with Crippen LogP contribution < -0.4 is 20.1 Å². The lowest BCUT2D eigenvalue weighted by Crippen LogP contribution is -2.42. The molecule has 0 amide bonds. The summed E-state index contributed by atoms with van der Waals surface area (Å²) in [5.41, 5.74) is 0. The Labute approximate surface area is 63.3 Å². The second-order valence-electron chi connectivity index (χ2n) is 2.43. The number of fused-ring (bicyclic) bond motifs is 1. The van der Waals surface area contributed by atoms with E-state index in [4.69, 9.17) is 5.11 Å². The van der Waals surface area contributed by atoms with E-state index >= 15 is 0 Å². The lowest BCUT2D eigenvalue weighted by molar-refractivity contribution is 0.129. The van der Waals surface area contributed by atoms with E-state index in [9.17, 15) is 8.42 Å². The Bertz CT molecular complexity index is 244. The Hall–Kier alpha value is -0.250. The summed E-state index contributed by atoms with van der Waals surface area (Å²) in [4.78, 5) is 0. The van der Waals surface area contributed by atoms with Crippen molar-refractivity contribution in [1.29, 1.82) is 0 Å². The Morgan fingerprint density at radius 1 is 1.09 bits per heavy atom. The van der Waals surface area contributed by atoms with Gasteiger partial charge < -0.3 is 5.11 Å². The molecule has 0 aromatic heterocycles. The van der Waals surface area contributed by atoms with Crippen molar-refractivity contribution in [3.8, 4) is 0 Å². The summed E-state index contributed by atoms with van der Waals surface area (Å²) >= 11 is 0. The number of hydrogen-bond acceptors (Lipinski definition) is 5. The van der Waals surface area contributed by atoms with Crippen molar-refractivity contribution in [2.75, 3.05) is 0 Å². The molecule has 64 valence electrons. The molecule has 2 aliphatic heterocycles. The average molecular weight is 180 g/mol. The molecule has 0 aromatic rings. The SMILES string of the molecule is O=S1(=O)NC2NC(O)NC2N1. The second kappa shape index (κ2) is 2.12. The third-order valence-corrected chi connectivity index (χ3v) is 2.70. The predicted octanol–water partition coefficient (Wildman–Crippen LogP) is -3.46. The van der Waals surface area contributed by atoms with Crippen molar-refractivity contribution in [2.45, 2.75) is 18.7 Å². The van der Waals surface area contributed by atoms with Gasteiger partial charge in [-0.2, -0.15) is 17.9 Å². The zero-order chi connectivity index (χ0) is 8.06. The van der Waals surface area contributed by atoms with E-state index in [1.165, 1.54) is 0 Å². The molecule has 2 aliphatic rings. The highest BCUT2D eigenvalue weighted by Gasteiger charge is 2.42. The molecule has 0 saturated carbocycles. The fourth-order valence-electron chi connectivity index (χ4n) is 1.15. The molecule has 2 saturated heterocycles. The van der Waals surface area contributed by atoms with Gasteiger partial charge in [-0.25, -0.2) is 0 Å². The molecule has 11 heavy (non-hydrogen) atoms. The Morgan fingerprint density at radius 3 is 2.00 bits per heavy atom. The highest BCUT2D eigenvalue weighted by Crippen LogP contribution is 2.05. The number of rotatable bonds is 0. The summed E-state index contributed by atoms with van der Waals surface area (Å²) in [5.74, 6) is 0. The lowest BCUT2D eigenvalue weighted by Gasteiger charge is -2.05. The summed E-state index contributed by atoms with van der Waals surface area (Å²) in [5, 5.41) is 14.0. The molecule has 2 unspecified atom stereocenters. The van der Waals surface area contributed by atoms with Crippen molar-refractivity contribution >= 4 is 10.2 Å². The van der Waals surface area contributed by atoms with Crippen molar-refractivity contribution in [3.05, 3.63) is 0 Å². The number of aliphatic hydroxyl groups excluding tert-OH is 1. The average Bonchev–Trinajstić information content (AvgIpc) is 2.17. The van der Waals surface area contributed by atoms with Crippen LogP contribution in [-0.2, 0) is 10.2 Å². The number of hydrogen-bond donors (Lipinski definition) is 5. The van der Waals surface area contributed by atoms with E-state index in [0.717, 1.165) is 0 Å². The van der Waals surface area contributed by atoms with Gasteiger partial charge in [-0.3, -0.25) is 10.6 Å². The standard InChI is InChI=1S/C3H8N4O3S/c8-3-4-1-2(5-3)7-11(9,10)6-1/h1-8H. The fraction of sp³-hybridized carbons (Fsp3) is 1.00. The zero-order valence-corrected chi connectivity index (χ0v) is 6.22. The molecule has 5 N–H and O–H groups in total. The van der Waals surface area contributed by atoms with Gasteiger partial charge in [0, 0.05) is 0 Å². The van der Waals surface area contributed by atoms with Crippen molar-refractivity contribution < 1.29 is 13.5 Å². The van der Waals surface area contributed by atoms with Gasteiger partial charge in [-0.05, 0) is 0 Å². The Kier molecular flexibility index (Phi) is 1.43. The van der Waals surface area contributed by atoms with Gasteiger partial charge >= 0.3 is 0 Å². The van der Waals surface area contributed by atoms with Crippen molar-refractivity contribution in [3.63, 3.8) is 0 Å². The topological polar surface area (TPSA) is 102 Å². The summed E-state index contributed by atoms with van der Waals surface area (Å²) in [7, 11) is -3.37. The molecule has 0 spiro atoms. The lowest BCUT2D eigenvalue weighted by atomic mass is 10.4. The molecule has 7 nitrogen and oxygen atoms in total. The van der Waals surface area contributed by atoms with Crippen LogP contribution >= 0.6 is 0 Å². The quantitative estimate of drug-likeness (QED) is 0.267. The van der Waals surface area contributed by atoms with Crippen LogP contribution in [0.5, 0.6) is 0 Å². The molecular weight excluding hydrogens is 172 g/mol. The first kappa shape index (κ1) is 7.40. The third-order valence-electron chi connectivity index (χ3n) is 1.57. The first-order valence-electron chi connectivity index (χ1n) is 3.07. The van der Waals surface area contributed by atoms with E-state index in [0.29, 0.717) is 0 Å². The predicted molar refractivity (Wildman–Crippen MR) is 35.0 cm³/mol. The molecule has 0 radical (unpaired) electrons. The first-order valence-corrected chi connectivity index (χ1v) is 4.55. The number of nitrogens with one attached hydrogen (secondary N) is 4. The van der Waals surface area contributed by atoms with Gasteiger partial charge in [-0.15, -0.1) is 0 Å². The number of aliphatic hydroxyl groups is 1. The Balaban J connectivity index is 2.16. The van der Waals surface area contributed by atoms with E-state index in [-0.39, 0.29) is 0 Å². The maximum atomic E-state index is 10.8. The fourth-order valence-corrected chi connectivity index (χ4v) is 2.30. The van der Waals surface area contributed by atoms with Gasteiger partial charge in [-0.1, -0.05) is 0 Å². The van der Waals surface area contributed by atoms with E-state index in [1.807, 2.05) is 0 Å². The van der Waals surface area contributed by atoms with Crippen LogP contribution in [-0.4, -0.2) is 32.2 Å². The zero-order valence-electron chi connectivity index (χ0n) is 5.40. The molecule has 0 bridgehead atoms. The molecule has 2 atom stereocenters. The van der Waals surface area contributed by atoms with Crippen LogP contribution in [0.3, 0.4) is 0 Å². The minimum Gasteiger partial charge on any atom is -0.365 e. The van der Waals surface area contributed by atoms with E-state index < -0.39 is 28.9 Å². The van der Waals surface area contributed by atoms with E-state index in [2.05, 4.69) is 20.1 Å². The third kappa shape index (κ3) is 1.24. The van der Waals surface area contributed by atoms with Crippen LogP contribution in [0.2, 0.25) is 0 Å². The maximum Gasteiger partial charge on any atom is 0.279 e. The molecule has 2 fully saturated rings.